The molecule has 0 unspecified atom stereocenters. The normalized spacial score (nSPS) is 15.9. The number of Topliss-reactive ketones (excluding diaryl/α,β-unsaturated/α-hetero) is 1. The van der Waals surface area contributed by atoms with Crippen molar-refractivity contribution in [3.63, 3.8) is 0 Å². The van der Waals surface area contributed by atoms with E-state index < -0.39 is 15.6 Å². The first-order chi connectivity index (χ1) is 8.99. The first-order valence-electron chi connectivity index (χ1n) is 6.51. The molecule has 0 aliphatic heterocycles. The Kier molecular flexibility index (Phi) is 4.20. The Bertz CT molecular complexity index is 595. The van der Waals surface area contributed by atoms with Gasteiger partial charge in [0.2, 0.25) is 0 Å². The highest BCUT2D eigenvalue weighted by Gasteiger charge is 2.23. The van der Waals surface area contributed by atoms with Crippen LogP contribution in [0.15, 0.2) is 35.2 Å². The van der Waals surface area contributed by atoms with Crippen LogP contribution in [0.2, 0.25) is 0 Å². The van der Waals surface area contributed by atoms with Gasteiger partial charge >= 0.3 is 0 Å². The van der Waals surface area contributed by atoms with Crippen LogP contribution in [-0.2, 0) is 9.84 Å². The number of hydrogen-bond acceptors (Lipinski definition) is 3. The molecule has 0 saturated carbocycles. The first-order valence-corrected chi connectivity index (χ1v) is 8.16. The van der Waals surface area contributed by atoms with Gasteiger partial charge in [-0.15, -0.1) is 0 Å². The fourth-order valence-corrected chi connectivity index (χ4v) is 3.70. The summed E-state index contributed by atoms with van der Waals surface area (Å²) in [7, 11) is -3.43. The fourth-order valence-electron chi connectivity index (χ4n) is 2.18. The number of ketones is 1. The third-order valence-corrected chi connectivity index (χ3v) is 5.16. The van der Waals surface area contributed by atoms with E-state index in [-0.39, 0.29) is 5.78 Å². The van der Waals surface area contributed by atoms with E-state index >= 15 is 0 Å². The zero-order valence-electron chi connectivity index (χ0n) is 11.1. The van der Waals surface area contributed by atoms with E-state index in [4.69, 9.17) is 0 Å². The monoisotopic (exact) mass is 278 g/mol. The van der Waals surface area contributed by atoms with Gasteiger partial charge in [0.15, 0.2) is 15.6 Å². The molecule has 0 radical (unpaired) electrons. The van der Waals surface area contributed by atoms with Crippen LogP contribution < -0.4 is 0 Å². The van der Waals surface area contributed by atoms with Crippen LogP contribution in [0.5, 0.6) is 0 Å². The summed E-state index contributed by atoms with van der Waals surface area (Å²) in [4.78, 5) is 12.5. The maximum Gasteiger partial charge on any atom is 0.181 e. The summed E-state index contributed by atoms with van der Waals surface area (Å²) in [5.41, 5.74) is 1.51. The quantitative estimate of drug-likeness (QED) is 0.795. The van der Waals surface area contributed by atoms with Gasteiger partial charge in [-0.25, -0.2) is 8.42 Å². The lowest BCUT2D eigenvalue weighted by Gasteiger charge is -2.12. The zero-order valence-corrected chi connectivity index (χ0v) is 11.9. The Morgan fingerprint density at radius 3 is 2.42 bits per heavy atom. The second-order valence-corrected chi connectivity index (χ2v) is 7.01. The van der Waals surface area contributed by atoms with Crippen molar-refractivity contribution < 1.29 is 13.2 Å². The van der Waals surface area contributed by atoms with Crippen molar-refractivity contribution in [3.05, 3.63) is 46.4 Å². The van der Waals surface area contributed by atoms with Gasteiger partial charge in [-0.05, 0) is 32.6 Å². The summed E-state index contributed by atoms with van der Waals surface area (Å²) in [6.07, 6.45) is 5.06. The van der Waals surface area contributed by atoms with Crippen molar-refractivity contribution >= 4 is 15.6 Å². The maximum atomic E-state index is 12.1. The number of aryl methyl sites for hydroxylation is 1. The molecule has 3 nitrogen and oxygen atoms in total. The predicted molar refractivity (Wildman–Crippen MR) is 75.8 cm³/mol. The molecule has 0 bridgehead atoms. The van der Waals surface area contributed by atoms with Crippen LogP contribution in [0.1, 0.15) is 41.6 Å². The highest BCUT2D eigenvalue weighted by Crippen LogP contribution is 2.23. The number of hydrogen-bond donors (Lipinski definition) is 0. The summed E-state index contributed by atoms with van der Waals surface area (Å²) in [6, 6.07) is 7.00. The predicted octanol–water partition coefficient (Wildman–Crippen LogP) is 3.05. The van der Waals surface area contributed by atoms with Crippen molar-refractivity contribution in [2.45, 2.75) is 32.6 Å². The van der Waals surface area contributed by atoms with Crippen LogP contribution >= 0.6 is 0 Å². The lowest BCUT2D eigenvalue weighted by molar-refractivity contribution is 0.102. The summed E-state index contributed by atoms with van der Waals surface area (Å²) in [5.74, 6) is -0.742. The Labute approximate surface area is 114 Å². The van der Waals surface area contributed by atoms with E-state index in [1.165, 1.54) is 0 Å². The van der Waals surface area contributed by atoms with E-state index in [0.29, 0.717) is 16.9 Å². The standard InChI is InChI=1S/C15H18O3S/c1-12-7-9-13(10-8-12)15(16)11-19(17,18)14-5-3-2-4-6-14/h5,7-10H,2-4,6,11H2,1H3. The van der Waals surface area contributed by atoms with E-state index in [2.05, 4.69) is 0 Å². The van der Waals surface area contributed by atoms with E-state index in [0.717, 1.165) is 24.8 Å². The molecular formula is C15H18O3S. The van der Waals surface area contributed by atoms with E-state index in [1.54, 1.807) is 18.2 Å². The van der Waals surface area contributed by atoms with Gasteiger partial charge in [0.1, 0.15) is 5.75 Å². The van der Waals surface area contributed by atoms with Crippen molar-refractivity contribution in [2.24, 2.45) is 0 Å². The van der Waals surface area contributed by atoms with Crippen LogP contribution in [0.4, 0.5) is 0 Å². The van der Waals surface area contributed by atoms with Gasteiger partial charge in [-0.3, -0.25) is 4.79 Å². The summed E-state index contributed by atoms with van der Waals surface area (Å²) in [5, 5.41) is 0. The molecule has 0 aromatic heterocycles. The van der Waals surface area contributed by atoms with Crippen molar-refractivity contribution in [3.8, 4) is 0 Å². The molecule has 0 heterocycles. The molecule has 19 heavy (non-hydrogen) atoms. The van der Waals surface area contributed by atoms with Gasteiger partial charge in [0.25, 0.3) is 0 Å². The summed E-state index contributed by atoms with van der Waals surface area (Å²) in [6.45, 7) is 1.93. The molecule has 1 aliphatic rings. The van der Waals surface area contributed by atoms with Crippen molar-refractivity contribution in [1.29, 1.82) is 0 Å². The van der Waals surface area contributed by atoms with Gasteiger partial charge in [-0.2, -0.15) is 0 Å². The molecule has 4 heteroatoms. The molecule has 0 atom stereocenters. The van der Waals surface area contributed by atoms with E-state index in [1.807, 2.05) is 19.1 Å². The van der Waals surface area contributed by atoms with Gasteiger partial charge < -0.3 is 0 Å². The third-order valence-electron chi connectivity index (χ3n) is 3.34. The molecule has 1 aliphatic carbocycles. The number of rotatable bonds is 4. The largest absolute Gasteiger partial charge is 0.293 e. The Morgan fingerprint density at radius 1 is 1.16 bits per heavy atom. The molecule has 0 fully saturated rings. The van der Waals surface area contributed by atoms with Crippen molar-refractivity contribution in [2.75, 3.05) is 5.75 Å². The average Bonchev–Trinajstić information content (AvgIpc) is 2.40. The Hall–Kier alpha value is -1.42. The molecule has 102 valence electrons. The van der Waals surface area contributed by atoms with Gasteiger partial charge in [-0.1, -0.05) is 35.9 Å². The number of benzene rings is 1. The molecule has 0 saturated heterocycles. The van der Waals surface area contributed by atoms with Crippen molar-refractivity contribution in [1.82, 2.24) is 0 Å². The maximum absolute atomic E-state index is 12.1. The van der Waals surface area contributed by atoms with Gasteiger partial charge in [0.05, 0.1) is 0 Å². The van der Waals surface area contributed by atoms with E-state index in [9.17, 15) is 13.2 Å². The molecular weight excluding hydrogens is 260 g/mol. The second kappa shape index (κ2) is 5.70. The van der Waals surface area contributed by atoms with Crippen LogP contribution in [0.25, 0.3) is 0 Å². The number of allylic oxidation sites excluding steroid dienone is 2. The summed E-state index contributed by atoms with van der Waals surface area (Å²) >= 11 is 0. The topological polar surface area (TPSA) is 51.2 Å². The highest BCUT2D eigenvalue weighted by molar-refractivity contribution is 7.95. The lowest BCUT2D eigenvalue weighted by Crippen LogP contribution is -2.18. The lowest BCUT2D eigenvalue weighted by atomic mass is 10.1. The first kappa shape index (κ1) is 14.0. The highest BCUT2D eigenvalue weighted by atomic mass is 32.2. The average molecular weight is 278 g/mol. The van der Waals surface area contributed by atoms with Crippen LogP contribution in [0, 0.1) is 6.92 Å². The zero-order chi connectivity index (χ0) is 13.9. The molecule has 0 amide bonds. The minimum absolute atomic E-state index is 0.327. The minimum Gasteiger partial charge on any atom is -0.293 e. The second-order valence-electron chi connectivity index (χ2n) is 4.96. The van der Waals surface area contributed by atoms with Crippen LogP contribution in [-0.4, -0.2) is 20.0 Å². The van der Waals surface area contributed by atoms with Gasteiger partial charge in [0, 0.05) is 10.5 Å². The molecule has 0 N–H and O–H groups in total. The molecule has 0 spiro atoms. The number of sulfone groups is 1. The fraction of sp³-hybridized carbons (Fsp3) is 0.400. The number of carbonyl (C=O) groups is 1. The minimum atomic E-state index is -3.43. The summed E-state index contributed by atoms with van der Waals surface area (Å²) < 4.78 is 24.3. The smallest absolute Gasteiger partial charge is 0.181 e. The SMILES string of the molecule is Cc1ccc(C(=O)CS(=O)(=O)C2=CCCCC2)cc1. The Morgan fingerprint density at radius 2 is 1.84 bits per heavy atom. The van der Waals surface area contributed by atoms with Crippen LogP contribution in [0.3, 0.4) is 0 Å². The third kappa shape index (κ3) is 3.53. The Balaban J connectivity index is 2.14. The molecule has 2 rings (SSSR count). The number of carbonyl (C=O) groups excluding carboxylic acids is 1. The molecule has 1 aromatic rings. The molecule has 1 aromatic carbocycles.